The van der Waals surface area contributed by atoms with Crippen LogP contribution in [-0.4, -0.2) is 36.9 Å². The topological polar surface area (TPSA) is 58.6 Å². The second-order valence-electron chi connectivity index (χ2n) is 3.56. The fourth-order valence-electron chi connectivity index (χ4n) is 1.81. The molecule has 3 atom stereocenters. The van der Waals surface area contributed by atoms with Crippen LogP contribution in [0.5, 0.6) is 0 Å². The Morgan fingerprint density at radius 2 is 2.38 bits per heavy atom. The molecule has 0 amide bonds. The number of likely N-dealkylation sites (N-methyl/N-ethyl adjacent to an activating group) is 1. The van der Waals surface area contributed by atoms with E-state index in [0.717, 1.165) is 12.8 Å². The molecule has 0 saturated carbocycles. The summed E-state index contributed by atoms with van der Waals surface area (Å²) in [5.74, 6) is -0.511. The minimum Gasteiger partial charge on any atom is -0.480 e. The summed E-state index contributed by atoms with van der Waals surface area (Å²) in [7, 11) is 1.66. The van der Waals surface area contributed by atoms with Gasteiger partial charge in [0.1, 0.15) is 6.04 Å². The Labute approximate surface area is 78.3 Å². The summed E-state index contributed by atoms with van der Waals surface area (Å²) >= 11 is 0. The lowest BCUT2D eigenvalue weighted by atomic mass is 9.91. The van der Waals surface area contributed by atoms with Gasteiger partial charge in [-0.15, -0.1) is 0 Å². The molecule has 0 spiro atoms. The summed E-state index contributed by atoms with van der Waals surface area (Å²) in [6.07, 6.45) is 1.90. The molecule has 0 aliphatic carbocycles. The summed E-state index contributed by atoms with van der Waals surface area (Å²) in [6, 6.07) is -0.574. The number of nitrogens with one attached hydrogen (secondary N) is 1. The SMILES string of the molecule is CN[C@H](C(=O)O)[C@@H]1OCCC[C@H]1C. The zero-order valence-corrected chi connectivity index (χ0v) is 8.12. The molecule has 1 aliphatic rings. The highest BCUT2D eigenvalue weighted by Gasteiger charge is 2.33. The number of hydrogen-bond donors (Lipinski definition) is 2. The number of aliphatic carboxylic acids is 1. The van der Waals surface area contributed by atoms with Gasteiger partial charge in [0.2, 0.25) is 0 Å². The van der Waals surface area contributed by atoms with Crippen molar-refractivity contribution >= 4 is 5.97 Å². The van der Waals surface area contributed by atoms with Crippen LogP contribution in [0.3, 0.4) is 0 Å². The third-order valence-corrected chi connectivity index (χ3v) is 2.58. The predicted molar refractivity (Wildman–Crippen MR) is 48.6 cm³/mol. The number of rotatable bonds is 3. The molecule has 0 unspecified atom stereocenters. The van der Waals surface area contributed by atoms with Crippen molar-refractivity contribution in [3.63, 3.8) is 0 Å². The van der Waals surface area contributed by atoms with Crippen molar-refractivity contribution in [2.45, 2.75) is 31.9 Å². The lowest BCUT2D eigenvalue weighted by molar-refractivity contribution is -0.147. The van der Waals surface area contributed by atoms with E-state index in [9.17, 15) is 4.79 Å². The van der Waals surface area contributed by atoms with Crippen LogP contribution in [0.2, 0.25) is 0 Å². The molecule has 4 heteroatoms. The lowest BCUT2D eigenvalue weighted by Gasteiger charge is -2.32. The zero-order valence-electron chi connectivity index (χ0n) is 8.12. The predicted octanol–water partition coefficient (Wildman–Crippen LogP) is 0.474. The van der Waals surface area contributed by atoms with Gasteiger partial charge >= 0.3 is 5.97 Å². The van der Waals surface area contributed by atoms with Crippen molar-refractivity contribution in [2.24, 2.45) is 5.92 Å². The Morgan fingerprint density at radius 1 is 1.69 bits per heavy atom. The van der Waals surface area contributed by atoms with Crippen LogP contribution >= 0.6 is 0 Å². The lowest BCUT2D eigenvalue weighted by Crippen LogP contribution is -2.50. The van der Waals surface area contributed by atoms with Gasteiger partial charge in [-0.3, -0.25) is 4.79 Å². The molecule has 13 heavy (non-hydrogen) atoms. The maximum absolute atomic E-state index is 10.8. The van der Waals surface area contributed by atoms with E-state index in [1.54, 1.807) is 7.05 Å². The van der Waals surface area contributed by atoms with E-state index >= 15 is 0 Å². The van der Waals surface area contributed by atoms with E-state index in [4.69, 9.17) is 9.84 Å². The Balaban J connectivity index is 2.60. The summed E-state index contributed by atoms with van der Waals surface area (Å²) in [4.78, 5) is 10.8. The Morgan fingerprint density at radius 3 is 2.85 bits per heavy atom. The van der Waals surface area contributed by atoms with Gasteiger partial charge in [0, 0.05) is 6.61 Å². The highest BCUT2D eigenvalue weighted by atomic mass is 16.5. The van der Waals surface area contributed by atoms with Gasteiger partial charge in [-0.05, 0) is 25.8 Å². The molecule has 0 aromatic rings. The first-order valence-corrected chi connectivity index (χ1v) is 4.68. The summed E-state index contributed by atoms with van der Waals surface area (Å²) in [6.45, 7) is 2.72. The average Bonchev–Trinajstić information content (AvgIpc) is 2.09. The molecule has 1 aliphatic heterocycles. The van der Waals surface area contributed by atoms with E-state index in [1.165, 1.54) is 0 Å². The van der Waals surface area contributed by atoms with Crippen molar-refractivity contribution in [1.29, 1.82) is 0 Å². The van der Waals surface area contributed by atoms with Crippen LogP contribution in [0, 0.1) is 5.92 Å². The van der Waals surface area contributed by atoms with Crippen molar-refractivity contribution in [2.75, 3.05) is 13.7 Å². The molecule has 0 radical (unpaired) electrons. The molecule has 1 saturated heterocycles. The number of carboxylic acids is 1. The van der Waals surface area contributed by atoms with Gasteiger partial charge in [-0.1, -0.05) is 6.92 Å². The minimum absolute atomic E-state index is 0.184. The fraction of sp³-hybridized carbons (Fsp3) is 0.889. The third kappa shape index (κ3) is 2.42. The molecule has 1 fully saturated rings. The first-order valence-electron chi connectivity index (χ1n) is 4.68. The first-order chi connectivity index (χ1) is 6.16. The summed E-state index contributed by atoms with van der Waals surface area (Å²) in [5, 5.41) is 11.7. The molecule has 0 aromatic heterocycles. The second-order valence-corrected chi connectivity index (χ2v) is 3.56. The maximum atomic E-state index is 10.8. The van der Waals surface area contributed by atoms with Crippen molar-refractivity contribution < 1.29 is 14.6 Å². The van der Waals surface area contributed by atoms with Crippen LogP contribution in [0.15, 0.2) is 0 Å². The molecular weight excluding hydrogens is 170 g/mol. The first kappa shape index (κ1) is 10.5. The smallest absolute Gasteiger partial charge is 0.323 e. The molecule has 0 aromatic carbocycles. The van der Waals surface area contributed by atoms with Gasteiger partial charge in [-0.2, -0.15) is 0 Å². The molecule has 1 rings (SSSR count). The highest BCUT2D eigenvalue weighted by molar-refractivity contribution is 5.74. The molecular formula is C9H17NO3. The monoisotopic (exact) mass is 187 g/mol. The number of carboxylic acid groups (broad SMARTS) is 1. The molecule has 4 nitrogen and oxygen atoms in total. The van der Waals surface area contributed by atoms with Crippen LogP contribution < -0.4 is 5.32 Å². The molecule has 0 bridgehead atoms. The van der Waals surface area contributed by atoms with Crippen molar-refractivity contribution in [3.05, 3.63) is 0 Å². The fourth-order valence-corrected chi connectivity index (χ4v) is 1.81. The maximum Gasteiger partial charge on any atom is 0.323 e. The Hall–Kier alpha value is -0.610. The Bertz CT molecular complexity index is 184. The molecule has 2 N–H and O–H groups in total. The number of hydrogen-bond acceptors (Lipinski definition) is 3. The normalized spacial score (nSPS) is 31.2. The average molecular weight is 187 g/mol. The molecule has 1 heterocycles. The van der Waals surface area contributed by atoms with Crippen LogP contribution in [0.1, 0.15) is 19.8 Å². The van der Waals surface area contributed by atoms with Gasteiger partial charge in [0.05, 0.1) is 6.10 Å². The third-order valence-electron chi connectivity index (χ3n) is 2.58. The van der Waals surface area contributed by atoms with E-state index in [0.29, 0.717) is 12.5 Å². The van der Waals surface area contributed by atoms with Crippen LogP contribution in [0.25, 0.3) is 0 Å². The second kappa shape index (κ2) is 4.58. The Kier molecular flexibility index (Phi) is 3.69. The zero-order chi connectivity index (χ0) is 9.84. The van der Waals surface area contributed by atoms with E-state index in [-0.39, 0.29) is 6.10 Å². The van der Waals surface area contributed by atoms with Crippen LogP contribution in [-0.2, 0) is 9.53 Å². The van der Waals surface area contributed by atoms with Gasteiger partial charge in [-0.25, -0.2) is 0 Å². The van der Waals surface area contributed by atoms with Gasteiger partial charge in [0.25, 0.3) is 0 Å². The standard InChI is InChI=1S/C9H17NO3/c1-6-4-3-5-13-8(6)7(10-2)9(11)12/h6-8,10H,3-5H2,1-2H3,(H,11,12)/t6-,7+,8-/m1/s1. The largest absolute Gasteiger partial charge is 0.480 e. The minimum atomic E-state index is -0.832. The van der Waals surface area contributed by atoms with Gasteiger partial charge < -0.3 is 15.2 Å². The highest BCUT2D eigenvalue weighted by Crippen LogP contribution is 2.22. The van der Waals surface area contributed by atoms with Gasteiger partial charge in [0.15, 0.2) is 0 Å². The number of ether oxygens (including phenoxy) is 1. The quantitative estimate of drug-likeness (QED) is 0.674. The van der Waals surface area contributed by atoms with Crippen molar-refractivity contribution in [3.8, 4) is 0 Å². The summed E-state index contributed by atoms with van der Waals surface area (Å²) < 4.78 is 5.46. The number of carbonyl (C=O) groups is 1. The van der Waals surface area contributed by atoms with E-state index < -0.39 is 12.0 Å². The van der Waals surface area contributed by atoms with Crippen LogP contribution in [0.4, 0.5) is 0 Å². The van der Waals surface area contributed by atoms with E-state index in [1.807, 2.05) is 6.92 Å². The van der Waals surface area contributed by atoms with Crippen molar-refractivity contribution in [1.82, 2.24) is 5.32 Å². The molecule has 76 valence electrons. The van der Waals surface area contributed by atoms with E-state index in [2.05, 4.69) is 5.32 Å². The summed E-state index contributed by atoms with van der Waals surface area (Å²) in [5.41, 5.74) is 0.